The molecular formula is CH4Cl4OSn. The van der Waals surface area contributed by atoms with Crippen molar-refractivity contribution in [2.24, 2.45) is 0 Å². The molecule has 0 aliphatic carbocycles. The Balaban J connectivity index is -0.000000000500. The minimum atomic E-state index is 0. The molecule has 7 heavy (non-hydrogen) atoms. The third-order valence-corrected chi connectivity index (χ3v) is 0. The van der Waals surface area contributed by atoms with E-state index in [1.165, 1.54) is 0 Å². The van der Waals surface area contributed by atoms with Gasteiger partial charge in [0.25, 0.3) is 0 Å². The molecule has 0 radical (unpaired) electrons. The van der Waals surface area contributed by atoms with E-state index in [9.17, 15) is 0 Å². The van der Waals surface area contributed by atoms with Crippen molar-refractivity contribution in [2.75, 3.05) is 7.11 Å². The van der Waals surface area contributed by atoms with Gasteiger partial charge in [-0.05, 0) is 0 Å². The molecule has 0 fully saturated rings. The van der Waals surface area contributed by atoms with Crippen LogP contribution in [0.4, 0.5) is 0 Å². The maximum absolute atomic E-state index is 7.00. The fraction of sp³-hybridized carbons (Fsp3) is 1.00. The van der Waals surface area contributed by atoms with Gasteiger partial charge in [0.15, 0.2) is 0 Å². The standard InChI is InChI=1S/CH4O.4ClH.Sn/c1-2;;;;;/h2H,1H3;4*1H;/q;;;;;+4/p-4. The van der Waals surface area contributed by atoms with Gasteiger partial charge in [0.2, 0.25) is 0 Å². The number of hydrogen-bond donors (Lipinski definition) is 1. The van der Waals surface area contributed by atoms with Gasteiger partial charge < -0.3 is 54.7 Å². The van der Waals surface area contributed by atoms with Gasteiger partial charge in [0.1, 0.15) is 0 Å². The largest absolute Gasteiger partial charge is 4.00 e. The summed E-state index contributed by atoms with van der Waals surface area (Å²) in [6.45, 7) is 0. The van der Waals surface area contributed by atoms with Crippen LogP contribution in [-0.4, -0.2) is 36.1 Å². The van der Waals surface area contributed by atoms with Crippen LogP contribution in [0.2, 0.25) is 0 Å². The molecule has 0 rings (SSSR count). The van der Waals surface area contributed by atoms with E-state index in [0.29, 0.717) is 0 Å². The molecule has 0 unspecified atom stereocenters. The van der Waals surface area contributed by atoms with Crippen molar-refractivity contribution in [3.05, 3.63) is 0 Å². The van der Waals surface area contributed by atoms with Crippen LogP contribution in [0.5, 0.6) is 0 Å². The van der Waals surface area contributed by atoms with E-state index in [-0.39, 0.29) is 73.5 Å². The summed E-state index contributed by atoms with van der Waals surface area (Å²) in [4.78, 5) is 0. The average Bonchev–Trinajstić information content (AvgIpc) is 1.00. The van der Waals surface area contributed by atoms with Gasteiger partial charge in [-0.25, -0.2) is 0 Å². The summed E-state index contributed by atoms with van der Waals surface area (Å²) in [5, 5.41) is 7.00. The van der Waals surface area contributed by atoms with Gasteiger partial charge in [0.05, 0.1) is 0 Å². The van der Waals surface area contributed by atoms with Crippen LogP contribution < -0.4 is 49.6 Å². The molecule has 0 aliphatic rings. The third-order valence-electron chi connectivity index (χ3n) is 0. The quantitative estimate of drug-likeness (QED) is 0.440. The molecule has 0 spiro atoms. The van der Waals surface area contributed by atoms with Crippen molar-refractivity contribution in [3.8, 4) is 0 Å². The van der Waals surface area contributed by atoms with Crippen molar-refractivity contribution >= 4 is 23.9 Å². The second kappa shape index (κ2) is 103. The first-order chi connectivity index (χ1) is 1.00. The summed E-state index contributed by atoms with van der Waals surface area (Å²) >= 11 is 0. The second-order valence-corrected chi connectivity index (χ2v) is 0. The van der Waals surface area contributed by atoms with Crippen molar-refractivity contribution in [2.45, 2.75) is 0 Å². The molecule has 6 heteroatoms. The third kappa shape index (κ3) is 75.4. The number of aliphatic hydroxyl groups excluding tert-OH is 1. The van der Waals surface area contributed by atoms with Gasteiger partial charge in [-0.3, -0.25) is 0 Å². The van der Waals surface area contributed by atoms with Gasteiger partial charge in [-0.15, -0.1) is 0 Å². The normalized spacial score (nSPS) is 0.857. The van der Waals surface area contributed by atoms with E-state index in [0.717, 1.165) is 7.11 Å². The number of aliphatic hydroxyl groups is 1. The maximum atomic E-state index is 7.00. The summed E-state index contributed by atoms with van der Waals surface area (Å²) in [6.07, 6.45) is 0. The fourth-order valence-electron chi connectivity index (χ4n) is 0. The second-order valence-electron chi connectivity index (χ2n) is 0. The smallest absolute Gasteiger partial charge is 1.00 e. The maximum Gasteiger partial charge on any atom is 4.00 e. The van der Waals surface area contributed by atoms with E-state index in [2.05, 4.69) is 0 Å². The average molecular weight is 293 g/mol. The van der Waals surface area contributed by atoms with Crippen LogP contribution in [0.1, 0.15) is 0 Å². The summed E-state index contributed by atoms with van der Waals surface area (Å²) in [7, 11) is 1.00. The van der Waals surface area contributed by atoms with Crippen molar-refractivity contribution in [1.29, 1.82) is 0 Å². The zero-order valence-electron chi connectivity index (χ0n) is 3.46. The Morgan fingerprint density at radius 1 is 0.714 bits per heavy atom. The number of hydrogen-bond acceptors (Lipinski definition) is 1. The van der Waals surface area contributed by atoms with E-state index in [1.807, 2.05) is 0 Å². The van der Waals surface area contributed by atoms with Gasteiger partial charge in [-0.2, -0.15) is 0 Å². The Hall–Kier alpha value is 1.92. The number of halogens is 4. The van der Waals surface area contributed by atoms with Crippen LogP contribution in [0, 0.1) is 0 Å². The first-order valence-electron chi connectivity index (χ1n) is 0.447. The number of rotatable bonds is 0. The molecule has 0 bridgehead atoms. The summed E-state index contributed by atoms with van der Waals surface area (Å²) in [5.41, 5.74) is 0. The molecule has 0 aliphatic heterocycles. The Labute approximate surface area is 85.2 Å². The summed E-state index contributed by atoms with van der Waals surface area (Å²) in [6, 6.07) is 0. The monoisotopic (exact) mass is 292 g/mol. The van der Waals surface area contributed by atoms with Crippen LogP contribution in [0.3, 0.4) is 0 Å². The fourth-order valence-corrected chi connectivity index (χ4v) is 0. The molecule has 0 aromatic heterocycles. The van der Waals surface area contributed by atoms with Crippen LogP contribution in [0.15, 0.2) is 0 Å². The van der Waals surface area contributed by atoms with Crippen LogP contribution in [-0.2, 0) is 0 Å². The van der Waals surface area contributed by atoms with Crippen LogP contribution in [0.25, 0.3) is 0 Å². The Morgan fingerprint density at radius 3 is 0.714 bits per heavy atom. The summed E-state index contributed by atoms with van der Waals surface area (Å²) < 4.78 is 0. The molecule has 0 saturated heterocycles. The van der Waals surface area contributed by atoms with Gasteiger partial charge in [0, 0.05) is 7.11 Å². The zero-order chi connectivity index (χ0) is 2.00. The predicted octanol–water partition coefficient (Wildman–Crippen LogP) is -12.8. The molecule has 0 saturated carbocycles. The molecular weight excluding hydrogens is 289 g/mol. The first-order valence-corrected chi connectivity index (χ1v) is 0.447. The summed E-state index contributed by atoms with van der Waals surface area (Å²) in [5.74, 6) is 0. The molecule has 0 heterocycles. The van der Waals surface area contributed by atoms with Crippen molar-refractivity contribution in [1.82, 2.24) is 0 Å². The molecule has 0 atom stereocenters. The Kier molecular flexibility index (Phi) is 966. The Morgan fingerprint density at radius 2 is 0.714 bits per heavy atom. The first kappa shape index (κ1) is 65.6. The molecule has 0 amide bonds. The van der Waals surface area contributed by atoms with E-state index < -0.39 is 0 Å². The minimum Gasteiger partial charge on any atom is -1.00 e. The molecule has 0 aromatic rings. The van der Waals surface area contributed by atoms with E-state index in [4.69, 9.17) is 5.11 Å². The van der Waals surface area contributed by atoms with Crippen molar-refractivity contribution in [3.63, 3.8) is 0 Å². The molecule has 1 N–H and O–H groups in total. The van der Waals surface area contributed by atoms with Gasteiger partial charge >= 0.3 is 23.9 Å². The predicted molar refractivity (Wildman–Crippen MR) is 13.9 cm³/mol. The molecule has 46 valence electrons. The van der Waals surface area contributed by atoms with Crippen LogP contribution >= 0.6 is 0 Å². The zero-order valence-corrected chi connectivity index (χ0v) is 9.34. The topological polar surface area (TPSA) is 20.2 Å². The van der Waals surface area contributed by atoms with E-state index in [1.54, 1.807) is 0 Å². The molecule has 1 nitrogen and oxygen atoms in total. The van der Waals surface area contributed by atoms with Crippen molar-refractivity contribution < 1.29 is 54.7 Å². The minimum absolute atomic E-state index is 0. The van der Waals surface area contributed by atoms with Gasteiger partial charge in [-0.1, -0.05) is 0 Å². The SMILES string of the molecule is CO.[Cl-].[Cl-].[Cl-].[Cl-].[Sn+4]. The van der Waals surface area contributed by atoms with E-state index >= 15 is 0 Å². The Bertz CT molecular complexity index is 11.7. The molecule has 0 aromatic carbocycles.